The predicted molar refractivity (Wildman–Crippen MR) is 79.9 cm³/mol. The highest BCUT2D eigenvalue weighted by molar-refractivity contribution is 6.01. The van der Waals surface area contributed by atoms with E-state index in [1.807, 2.05) is 51.1 Å². The minimum absolute atomic E-state index is 0.223. The minimum atomic E-state index is -0.535. The van der Waals surface area contributed by atoms with E-state index in [4.69, 9.17) is 14.2 Å². The summed E-state index contributed by atoms with van der Waals surface area (Å²) in [6.45, 7) is 5.70. The second kappa shape index (κ2) is 4.84. The lowest BCUT2D eigenvalue weighted by Crippen LogP contribution is -2.27. The third-order valence-electron chi connectivity index (χ3n) is 3.01. The van der Waals surface area contributed by atoms with Crippen LogP contribution in [0, 0.1) is 0 Å². The van der Waals surface area contributed by atoms with Crippen LogP contribution in [-0.4, -0.2) is 18.5 Å². The molecule has 21 heavy (non-hydrogen) atoms. The lowest BCUT2D eigenvalue weighted by molar-refractivity contribution is 0.0636. The Labute approximate surface area is 122 Å². The first kappa shape index (κ1) is 13.5. The van der Waals surface area contributed by atoms with Crippen LogP contribution >= 0.6 is 0 Å². The molecule has 1 heterocycles. The monoisotopic (exact) mass is 287 g/mol. The van der Waals surface area contributed by atoms with E-state index < -0.39 is 11.7 Å². The molecule has 2 aromatic rings. The largest absolute Gasteiger partial charge is 0.454 e. The zero-order valence-corrected chi connectivity index (χ0v) is 12.2. The smallest absolute Gasteiger partial charge is 0.412 e. The van der Waals surface area contributed by atoms with Gasteiger partial charge < -0.3 is 14.2 Å². The second-order valence-electron chi connectivity index (χ2n) is 5.86. The molecule has 0 aromatic heterocycles. The topological polar surface area (TPSA) is 56.8 Å². The van der Waals surface area contributed by atoms with Gasteiger partial charge >= 0.3 is 6.09 Å². The first-order valence-electron chi connectivity index (χ1n) is 6.75. The molecule has 0 atom stereocenters. The van der Waals surface area contributed by atoms with Gasteiger partial charge in [-0.3, -0.25) is 5.32 Å². The number of nitrogens with one attached hydrogen (secondary N) is 1. The summed E-state index contributed by atoms with van der Waals surface area (Å²) in [6.07, 6.45) is -0.479. The fourth-order valence-corrected chi connectivity index (χ4v) is 2.19. The number of fused-ring (bicyclic) bond motifs is 2. The summed E-state index contributed by atoms with van der Waals surface area (Å²) >= 11 is 0. The number of anilines is 1. The Morgan fingerprint density at radius 3 is 2.62 bits per heavy atom. The normalized spacial score (nSPS) is 13.3. The first-order valence-corrected chi connectivity index (χ1v) is 6.75. The molecule has 0 radical (unpaired) electrons. The molecule has 0 saturated carbocycles. The van der Waals surface area contributed by atoms with Crippen molar-refractivity contribution in [3.63, 3.8) is 0 Å². The maximum atomic E-state index is 11.9. The Kier molecular flexibility index (Phi) is 3.12. The summed E-state index contributed by atoms with van der Waals surface area (Å²) in [4.78, 5) is 11.9. The average Bonchev–Trinajstić information content (AvgIpc) is 2.81. The van der Waals surface area contributed by atoms with E-state index in [-0.39, 0.29) is 6.79 Å². The minimum Gasteiger partial charge on any atom is -0.454 e. The van der Waals surface area contributed by atoms with Gasteiger partial charge in [-0.1, -0.05) is 12.1 Å². The Morgan fingerprint density at radius 2 is 1.90 bits per heavy atom. The lowest BCUT2D eigenvalue weighted by Gasteiger charge is -2.20. The molecular weight excluding hydrogens is 270 g/mol. The molecular formula is C16H17NO4. The van der Waals surface area contributed by atoms with Gasteiger partial charge in [0.25, 0.3) is 0 Å². The summed E-state index contributed by atoms with van der Waals surface area (Å²) in [6, 6.07) is 9.42. The zero-order chi connectivity index (χ0) is 15.0. The molecule has 0 saturated heterocycles. The first-order chi connectivity index (χ1) is 9.92. The van der Waals surface area contributed by atoms with Crippen LogP contribution in [-0.2, 0) is 4.74 Å². The van der Waals surface area contributed by atoms with E-state index >= 15 is 0 Å². The van der Waals surface area contributed by atoms with Crippen LogP contribution in [0.1, 0.15) is 20.8 Å². The molecule has 0 bridgehead atoms. The van der Waals surface area contributed by atoms with Crippen LogP contribution < -0.4 is 14.8 Å². The van der Waals surface area contributed by atoms with Crippen molar-refractivity contribution in [2.45, 2.75) is 26.4 Å². The number of ether oxygens (including phenoxy) is 3. The molecule has 110 valence electrons. The molecule has 1 aliphatic heterocycles. The number of carbonyl (C=O) groups is 1. The zero-order valence-electron chi connectivity index (χ0n) is 12.2. The van der Waals surface area contributed by atoms with E-state index in [2.05, 4.69) is 5.32 Å². The highest BCUT2D eigenvalue weighted by Crippen LogP contribution is 2.38. The van der Waals surface area contributed by atoms with Gasteiger partial charge in [0, 0.05) is 5.39 Å². The lowest BCUT2D eigenvalue weighted by atomic mass is 10.1. The van der Waals surface area contributed by atoms with Crippen LogP contribution in [0.25, 0.3) is 10.8 Å². The molecule has 1 amide bonds. The molecule has 2 aromatic carbocycles. The van der Waals surface area contributed by atoms with Gasteiger partial charge in [0.05, 0.1) is 5.69 Å². The van der Waals surface area contributed by atoms with E-state index in [0.717, 1.165) is 16.5 Å². The van der Waals surface area contributed by atoms with Crippen LogP contribution in [0.2, 0.25) is 0 Å². The van der Waals surface area contributed by atoms with Crippen LogP contribution in [0.3, 0.4) is 0 Å². The van der Waals surface area contributed by atoms with E-state index in [1.165, 1.54) is 0 Å². The molecule has 0 spiro atoms. The van der Waals surface area contributed by atoms with E-state index in [1.54, 1.807) is 0 Å². The number of rotatable bonds is 1. The summed E-state index contributed by atoms with van der Waals surface area (Å²) in [7, 11) is 0. The van der Waals surface area contributed by atoms with E-state index in [9.17, 15) is 4.79 Å². The van der Waals surface area contributed by atoms with E-state index in [0.29, 0.717) is 11.4 Å². The van der Waals surface area contributed by atoms with Crippen molar-refractivity contribution in [2.75, 3.05) is 12.1 Å². The fourth-order valence-electron chi connectivity index (χ4n) is 2.19. The summed E-state index contributed by atoms with van der Waals surface area (Å²) in [5.41, 5.74) is 0.146. The van der Waals surface area contributed by atoms with Gasteiger partial charge in [-0.25, -0.2) is 4.79 Å². The Hall–Kier alpha value is -2.43. The number of carbonyl (C=O) groups excluding carboxylic acids is 1. The third kappa shape index (κ3) is 2.86. The van der Waals surface area contributed by atoms with Crippen molar-refractivity contribution < 1.29 is 19.0 Å². The molecule has 5 heteroatoms. The van der Waals surface area contributed by atoms with Crippen molar-refractivity contribution in [3.05, 3.63) is 30.3 Å². The molecule has 5 nitrogen and oxygen atoms in total. The summed E-state index contributed by atoms with van der Waals surface area (Å²) in [5.74, 6) is 1.40. The summed E-state index contributed by atoms with van der Waals surface area (Å²) < 4.78 is 16.0. The fraction of sp³-hybridized carbons (Fsp3) is 0.312. The molecule has 0 aliphatic carbocycles. The molecule has 1 aliphatic rings. The SMILES string of the molecule is CC(C)(C)OC(=O)Nc1cccc2cc3c(cc12)OCO3. The highest BCUT2D eigenvalue weighted by Gasteiger charge is 2.19. The standard InChI is InChI=1S/C16H17NO4/c1-16(2,3)21-15(18)17-12-6-4-5-10-7-13-14(8-11(10)12)20-9-19-13/h4-8H,9H2,1-3H3,(H,17,18). The Bertz CT molecular complexity index is 703. The van der Waals surface area contributed by atoms with Crippen molar-refractivity contribution in [3.8, 4) is 11.5 Å². The summed E-state index contributed by atoms with van der Waals surface area (Å²) in [5, 5.41) is 4.62. The van der Waals surface area contributed by atoms with Gasteiger partial charge in [-0.2, -0.15) is 0 Å². The Balaban J connectivity index is 1.94. The van der Waals surface area contributed by atoms with Gasteiger partial charge in [-0.15, -0.1) is 0 Å². The van der Waals surface area contributed by atoms with Crippen molar-refractivity contribution in [1.82, 2.24) is 0 Å². The van der Waals surface area contributed by atoms with Crippen LogP contribution in [0.5, 0.6) is 11.5 Å². The third-order valence-corrected chi connectivity index (χ3v) is 3.01. The van der Waals surface area contributed by atoms with Crippen LogP contribution in [0.15, 0.2) is 30.3 Å². The van der Waals surface area contributed by atoms with Crippen molar-refractivity contribution in [2.24, 2.45) is 0 Å². The van der Waals surface area contributed by atoms with Crippen LogP contribution in [0.4, 0.5) is 10.5 Å². The number of amides is 1. The number of benzene rings is 2. The predicted octanol–water partition coefficient (Wildman–Crippen LogP) is 3.92. The molecule has 0 unspecified atom stereocenters. The highest BCUT2D eigenvalue weighted by atomic mass is 16.7. The maximum Gasteiger partial charge on any atom is 0.412 e. The number of hydrogen-bond acceptors (Lipinski definition) is 4. The van der Waals surface area contributed by atoms with Gasteiger partial charge in [0.2, 0.25) is 6.79 Å². The molecule has 0 fully saturated rings. The second-order valence-corrected chi connectivity index (χ2v) is 5.86. The molecule has 1 N–H and O–H groups in total. The van der Waals surface area contributed by atoms with Gasteiger partial charge in [-0.05, 0) is 44.4 Å². The molecule has 3 rings (SSSR count). The van der Waals surface area contributed by atoms with Gasteiger partial charge in [0.1, 0.15) is 5.60 Å². The number of hydrogen-bond donors (Lipinski definition) is 1. The van der Waals surface area contributed by atoms with Gasteiger partial charge in [0.15, 0.2) is 11.5 Å². The van der Waals surface area contributed by atoms with Crippen molar-refractivity contribution in [1.29, 1.82) is 0 Å². The quantitative estimate of drug-likeness (QED) is 0.863. The Morgan fingerprint density at radius 1 is 1.19 bits per heavy atom. The average molecular weight is 287 g/mol. The van der Waals surface area contributed by atoms with Crippen molar-refractivity contribution >= 4 is 22.6 Å². The maximum absolute atomic E-state index is 11.9.